The quantitative estimate of drug-likeness (QED) is 0.631. The summed E-state index contributed by atoms with van der Waals surface area (Å²) in [6.45, 7) is 5.58. The molecule has 0 bridgehead atoms. The number of carbonyl (C=O) groups is 2. The van der Waals surface area contributed by atoms with Crippen molar-refractivity contribution in [3.8, 4) is 0 Å². The van der Waals surface area contributed by atoms with Crippen LogP contribution in [-0.4, -0.2) is 43.6 Å². The molecule has 1 saturated heterocycles. The molecule has 1 unspecified atom stereocenters. The van der Waals surface area contributed by atoms with Crippen LogP contribution in [0.5, 0.6) is 0 Å². The van der Waals surface area contributed by atoms with Crippen molar-refractivity contribution in [1.29, 1.82) is 0 Å². The van der Waals surface area contributed by atoms with Crippen molar-refractivity contribution in [2.75, 3.05) is 13.2 Å². The van der Waals surface area contributed by atoms with E-state index in [-0.39, 0.29) is 24.1 Å². The van der Waals surface area contributed by atoms with Gasteiger partial charge >= 0.3 is 5.97 Å². The van der Waals surface area contributed by atoms with Crippen LogP contribution in [0.3, 0.4) is 0 Å². The standard InChI is InChI=1S/C23H27NO5S/c1-4-29-23(26)16(2)20-15-24(17(3)18-11-7-5-8-12-18)22(25)21(20)30(27,28)19-13-9-6-10-14-19/h5-14,16-17,20-21H,4,15H2,1-3H3/t16?,17-,20-,21-/m1/s1. The first-order valence-electron chi connectivity index (χ1n) is 10.1. The van der Waals surface area contributed by atoms with Gasteiger partial charge in [-0.2, -0.15) is 0 Å². The van der Waals surface area contributed by atoms with Crippen molar-refractivity contribution in [3.05, 3.63) is 66.2 Å². The van der Waals surface area contributed by atoms with Gasteiger partial charge in [0, 0.05) is 12.5 Å². The first kappa shape index (κ1) is 22.0. The number of carbonyl (C=O) groups excluding carboxylic acids is 2. The molecule has 0 aromatic heterocycles. The summed E-state index contributed by atoms with van der Waals surface area (Å²) < 4.78 is 32.0. The van der Waals surface area contributed by atoms with E-state index in [1.165, 1.54) is 12.1 Å². The number of amides is 1. The fraction of sp³-hybridized carbons (Fsp3) is 0.391. The number of ether oxygens (including phenoxy) is 1. The van der Waals surface area contributed by atoms with E-state index in [0.717, 1.165) is 5.56 Å². The van der Waals surface area contributed by atoms with Crippen molar-refractivity contribution in [3.63, 3.8) is 0 Å². The average Bonchev–Trinajstić information content (AvgIpc) is 3.11. The highest BCUT2D eigenvalue weighted by Crippen LogP contribution is 2.38. The monoisotopic (exact) mass is 429 g/mol. The lowest BCUT2D eigenvalue weighted by atomic mass is 9.93. The van der Waals surface area contributed by atoms with Crippen molar-refractivity contribution in [2.24, 2.45) is 11.8 Å². The Hall–Kier alpha value is -2.67. The summed E-state index contributed by atoms with van der Waals surface area (Å²) in [7, 11) is -3.98. The van der Waals surface area contributed by atoms with E-state index >= 15 is 0 Å². The molecule has 7 heteroatoms. The van der Waals surface area contributed by atoms with Crippen LogP contribution in [0.4, 0.5) is 0 Å². The molecule has 0 saturated carbocycles. The number of esters is 1. The minimum atomic E-state index is -3.98. The van der Waals surface area contributed by atoms with E-state index in [9.17, 15) is 18.0 Å². The molecule has 3 rings (SSSR count). The molecule has 0 aliphatic carbocycles. The third-order valence-corrected chi connectivity index (χ3v) is 7.93. The number of sulfone groups is 1. The van der Waals surface area contributed by atoms with Crippen LogP contribution in [-0.2, 0) is 24.2 Å². The molecule has 1 aliphatic heterocycles. The molecule has 4 atom stereocenters. The molecule has 1 aliphatic rings. The Kier molecular flexibility index (Phi) is 6.61. The van der Waals surface area contributed by atoms with Crippen LogP contribution < -0.4 is 0 Å². The Labute approximate surface area is 177 Å². The Morgan fingerprint density at radius 3 is 2.20 bits per heavy atom. The average molecular weight is 430 g/mol. The molecule has 6 nitrogen and oxygen atoms in total. The van der Waals surface area contributed by atoms with Gasteiger partial charge in [-0.15, -0.1) is 0 Å². The number of rotatable bonds is 7. The third-order valence-electron chi connectivity index (χ3n) is 5.78. The molecular weight excluding hydrogens is 402 g/mol. The number of hydrogen-bond donors (Lipinski definition) is 0. The Morgan fingerprint density at radius 1 is 1.07 bits per heavy atom. The zero-order valence-electron chi connectivity index (χ0n) is 17.4. The van der Waals surface area contributed by atoms with Gasteiger partial charge in [0.1, 0.15) is 5.25 Å². The van der Waals surface area contributed by atoms with Gasteiger partial charge < -0.3 is 9.64 Å². The number of nitrogens with zero attached hydrogens (tertiary/aromatic N) is 1. The first-order chi connectivity index (χ1) is 14.3. The van der Waals surface area contributed by atoms with E-state index in [1.807, 2.05) is 37.3 Å². The smallest absolute Gasteiger partial charge is 0.309 e. The number of likely N-dealkylation sites (tertiary alicyclic amines) is 1. The summed E-state index contributed by atoms with van der Waals surface area (Å²) in [4.78, 5) is 27.5. The van der Waals surface area contributed by atoms with Gasteiger partial charge in [-0.05, 0) is 31.5 Å². The Bertz CT molecular complexity index is 991. The molecule has 30 heavy (non-hydrogen) atoms. The largest absolute Gasteiger partial charge is 0.466 e. The van der Waals surface area contributed by atoms with E-state index in [2.05, 4.69) is 0 Å². The molecule has 0 radical (unpaired) electrons. The summed E-state index contributed by atoms with van der Waals surface area (Å²) in [5.41, 5.74) is 0.908. The van der Waals surface area contributed by atoms with Crippen LogP contribution in [0, 0.1) is 11.8 Å². The van der Waals surface area contributed by atoms with Gasteiger partial charge in [0.05, 0.1) is 23.5 Å². The summed E-state index contributed by atoms with van der Waals surface area (Å²) in [5.74, 6) is -2.40. The second-order valence-electron chi connectivity index (χ2n) is 7.56. The molecule has 2 aromatic carbocycles. The van der Waals surface area contributed by atoms with Gasteiger partial charge in [-0.1, -0.05) is 55.5 Å². The van der Waals surface area contributed by atoms with Crippen LogP contribution in [0.2, 0.25) is 0 Å². The predicted molar refractivity (Wildman–Crippen MR) is 113 cm³/mol. The summed E-state index contributed by atoms with van der Waals surface area (Å²) >= 11 is 0. The molecule has 2 aromatic rings. The SMILES string of the molecule is CCOC(=O)C(C)[C@H]1CN([C@H](C)c2ccccc2)C(=O)[C@@H]1S(=O)(=O)c1ccccc1. The van der Waals surface area contributed by atoms with E-state index < -0.39 is 38.8 Å². The highest BCUT2D eigenvalue weighted by Gasteiger charge is 2.53. The predicted octanol–water partition coefficient (Wildman–Crippen LogP) is 3.25. The molecule has 1 heterocycles. The molecular formula is C23H27NO5S. The maximum absolute atomic E-state index is 13.4. The van der Waals surface area contributed by atoms with Crippen molar-refractivity contribution in [1.82, 2.24) is 4.90 Å². The maximum Gasteiger partial charge on any atom is 0.309 e. The molecule has 1 amide bonds. The fourth-order valence-electron chi connectivity index (χ4n) is 4.01. The molecule has 160 valence electrons. The normalized spacial score (nSPS) is 21.3. The van der Waals surface area contributed by atoms with Crippen LogP contribution >= 0.6 is 0 Å². The second-order valence-corrected chi connectivity index (χ2v) is 9.63. The van der Waals surface area contributed by atoms with Crippen LogP contribution in [0.15, 0.2) is 65.6 Å². The van der Waals surface area contributed by atoms with Crippen molar-refractivity contribution < 1.29 is 22.7 Å². The minimum Gasteiger partial charge on any atom is -0.466 e. The van der Waals surface area contributed by atoms with Crippen LogP contribution in [0.1, 0.15) is 32.4 Å². The zero-order valence-corrected chi connectivity index (χ0v) is 18.2. The van der Waals surface area contributed by atoms with Gasteiger partial charge in [-0.3, -0.25) is 9.59 Å². The van der Waals surface area contributed by atoms with E-state index in [0.29, 0.717) is 0 Å². The zero-order chi connectivity index (χ0) is 21.9. The lowest BCUT2D eigenvalue weighted by Gasteiger charge is -2.25. The fourth-order valence-corrected chi connectivity index (χ4v) is 6.02. The lowest BCUT2D eigenvalue weighted by Crippen LogP contribution is -2.39. The van der Waals surface area contributed by atoms with Crippen LogP contribution in [0.25, 0.3) is 0 Å². The lowest BCUT2D eigenvalue weighted by molar-refractivity contribution is -0.149. The number of benzene rings is 2. The first-order valence-corrected chi connectivity index (χ1v) is 11.6. The number of hydrogen-bond acceptors (Lipinski definition) is 5. The van der Waals surface area contributed by atoms with Gasteiger partial charge in [0.2, 0.25) is 5.91 Å². The minimum absolute atomic E-state index is 0.0821. The van der Waals surface area contributed by atoms with Crippen molar-refractivity contribution in [2.45, 2.75) is 37.0 Å². The van der Waals surface area contributed by atoms with Gasteiger partial charge in [0.15, 0.2) is 9.84 Å². The molecule has 0 spiro atoms. The maximum atomic E-state index is 13.4. The van der Waals surface area contributed by atoms with E-state index in [4.69, 9.17) is 4.74 Å². The summed E-state index contributed by atoms with van der Waals surface area (Å²) in [6, 6.07) is 17.1. The second kappa shape index (κ2) is 9.00. The highest BCUT2D eigenvalue weighted by atomic mass is 32.2. The summed E-state index contributed by atoms with van der Waals surface area (Å²) in [6.07, 6.45) is 0. The summed E-state index contributed by atoms with van der Waals surface area (Å²) in [5, 5.41) is -1.33. The Balaban J connectivity index is 2.02. The topological polar surface area (TPSA) is 80.8 Å². The van der Waals surface area contributed by atoms with Gasteiger partial charge in [0.25, 0.3) is 0 Å². The third kappa shape index (κ3) is 4.12. The molecule has 0 N–H and O–H groups in total. The highest BCUT2D eigenvalue weighted by molar-refractivity contribution is 7.92. The molecule has 1 fully saturated rings. The van der Waals surface area contributed by atoms with Crippen molar-refractivity contribution >= 4 is 21.7 Å². The van der Waals surface area contributed by atoms with E-state index in [1.54, 1.807) is 36.9 Å². The Morgan fingerprint density at radius 2 is 1.63 bits per heavy atom. The van der Waals surface area contributed by atoms with Gasteiger partial charge in [-0.25, -0.2) is 8.42 Å².